The SMILES string of the molecule is O=S(=O)(c1ccccn1)C1O[C@H](CO)[C@H](O)[C@H](O)[C@H]1O. The molecule has 0 aromatic carbocycles. The van der Waals surface area contributed by atoms with Crippen molar-refractivity contribution >= 4 is 9.84 Å². The average molecular weight is 305 g/mol. The van der Waals surface area contributed by atoms with Gasteiger partial charge in [-0.15, -0.1) is 0 Å². The minimum Gasteiger partial charge on any atom is -0.394 e. The van der Waals surface area contributed by atoms with Crippen molar-refractivity contribution in [1.29, 1.82) is 0 Å². The van der Waals surface area contributed by atoms with Gasteiger partial charge in [0.2, 0.25) is 9.84 Å². The van der Waals surface area contributed by atoms with Crippen LogP contribution in [0.5, 0.6) is 0 Å². The van der Waals surface area contributed by atoms with Gasteiger partial charge in [-0.3, -0.25) is 0 Å². The first kappa shape index (κ1) is 15.3. The first-order chi connectivity index (χ1) is 9.39. The van der Waals surface area contributed by atoms with E-state index < -0.39 is 46.3 Å². The van der Waals surface area contributed by atoms with Crippen LogP contribution < -0.4 is 0 Å². The quantitative estimate of drug-likeness (QED) is 0.487. The van der Waals surface area contributed by atoms with Crippen molar-refractivity contribution < 1.29 is 33.6 Å². The number of aromatic nitrogens is 1. The number of nitrogens with zero attached hydrogens (tertiary/aromatic N) is 1. The minimum atomic E-state index is -4.18. The Labute approximate surface area is 115 Å². The number of hydrogen-bond donors (Lipinski definition) is 4. The van der Waals surface area contributed by atoms with Gasteiger partial charge in [0, 0.05) is 6.20 Å². The second-order valence-electron chi connectivity index (χ2n) is 4.41. The molecule has 5 atom stereocenters. The van der Waals surface area contributed by atoms with E-state index in [1.54, 1.807) is 0 Å². The topological polar surface area (TPSA) is 137 Å². The van der Waals surface area contributed by atoms with Gasteiger partial charge in [-0.05, 0) is 12.1 Å². The summed E-state index contributed by atoms with van der Waals surface area (Å²) in [6, 6.07) is 4.19. The summed E-state index contributed by atoms with van der Waals surface area (Å²) in [5.41, 5.74) is -1.81. The van der Waals surface area contributed by atoms with Crippen LogP contribution in [0.2, 0.25) is 0 Å². The molecule has 0 aliphatic carbocycles. The normalized spacial score (nSPS) is 34.9. The van der Waals surface area contributed by atoms with Crippen molar-refractivity contribution in [3.63, 3.8) is 0 Å². The Bertz CT molecular complexity index is 547. The van der Waals surface area contributed by atoms with Crippen LogP contribution in [0.3, 0.4) is 0 Å². The first-order valence-corrected chi connectivity index (χ1v) is 7.39. The molecule has 0 saturated carbocycles. The van der Waals surface area contributed by atoms with Crippen molar-refractivity contribution in [2.45, 2.75) is 34.9 Å². The second kappa shape index (κ2) is 5.72. The molecule has 0 bridgehead atoms. The maximum Gasteiger partial charge on any atom is 0.225 e. The fraction of sp³-hybridized carbons (Fsp3) is 0.545. The fourth-order valence-corrected chi connectivity index (χ4v) is 3.49. The average Bonchev–Trinajstić information content (AvgIpc) is 2.46. The molecule has 1 aliphatic rings. The Morgan fingerprint density at radius 1 is 1.15 bits per heavy atom. The van der Waals surface area contributed by atoms with Crippen molar-refractivity contribution in [2.24, 2.45) is 0 Å². The third-order valence-electron chi connectivity index (χ3n) is 3.08. The maximum absolute atomic E-state index is 12.3. The maximum atomic E-state index is 12.3. The highest BCUT2D eigenvalue weighted by molar-refractivity contribution is 7.91. The number of aliphatic hydroxyl groups excluding tert-OH is 4. The molecule has 1 aliphatic heterocycles. The van der Waals surface area contributed by atoms with E-state index >= 15 is 0 Å². The van der Waals surface area contributed by atoms with Crippen LogP contribution in [0, 0.1) is 0 Å². The van der Waals surface area contributed by atoms with Crippen molar-refractivity contribution in [1.82, 2.24) is 4.98 Å². The van der Waals surface area contributed by atoms with E-state index in [4.69, 9.17) is 9.84 Å². The summed E-state index contributed by atoms with van der Waals surface area (Å²) in [6.07, 6.45) is -5.22. The first-order valence-electron chi connectivity index (χ1n) is 5.85. The van der Waals surface area contributed by atoms with E-state index in [0.29, 0.717) is 0 Å². The number of ether oxygens (including phenoxy) is 1. The molecule has 2 rings (SSSR count). The molecule has 2 heterocycles. The smallest absolute Gasteiger partial charge is 0.225 e. The number of rotatable bonds is 3. The molecule has 0 radical (unpaired) electrons. The van der Waals surface area contributed by atoms with Gasteiger partial charge >= 0.3 is 0 Å². The van der Waals surface area contributed by atoms with E-state index in [1.807, 2.05) is 0 Å². The largest absolute Gasteiger partial charge is 0.394 e. The van der Waals surface area contributed by atoms with Gasteiger partial charge in [-0.2, -0.15) is 0 Å². The van der Waals surface area contributed by atoms with Gasteiger partial charge < -0.3 is 25.2 Å². The molecule has 8 nitrogen and oxygen atoms in total. The summed E-state index contributed by atoms with van der Waals surface area (Å²) in [4.78, 5) is 3.67. The summed E-state index contributed by atoms with van der Waals surface area (Å²) in [5, 5.41) is 37.7. The molecular weight excluding hydrogens is 290 g/mol. The predicted octanol–water partition coefficient (Wildman–Crippen LogP) is -2.34. The van der Waals surface area contributed by atoms with Crippen LogP contribution in [-0.4, -0.2) is 70.3 Å². The summed E-state index contributed by atoms with van der Waals surface area (Å²) >= 11 is 0. The molecule has 9 heteroatoms. The monoisotopic (exact) mass is 305 g/mol. The summed E-state index contributed by atoms with van der Waals surface area (Å²) in [6.45, 7) is -0.695. The molecule has 1 unspecified atom stereocenters. The van der Waals surface area contributed by atoms with Crippen LogP contribution in [-0.2, 0) is 14.6 Å². The van der Waals surface area contributed by atoms with Gasteiger partial charge in [0.15, 0.2) is 10.5 Å². The van der Waals surface area contributed by atoms with Gasteiger partial charge in [-0.1, -0.05) is 6.07 Å². The molecule has 0 spiro atoms. The van der Waals surface area contributed by atoms with E-state index in [0.717, 1.165) is 0 Å². The Morgan fingerprint density at radius 3 is 2.40 bits per heavy atom. The van der Waals surface area contributed by atoms with Crippen molar-refractivity contribution in [3.05, 3.63) is 24.4 Å². The van der Waals surface area contributed by atoms with Crippen molar-refractivity contribution in [3.8, 4) is 0 Å². The summed E-state index contributed by atoms with van der Waals surface area (Å²) in [5.74, 6) is 0. The molecule has 1 fully saturated rings. The van der Waals surface area contributed by atoms with Gasteiger partial charge in [0.1, 0.15) is 24.4 Å². The van der Waals surface area contributed by atoms with Gasteiger partial charge in [-0.25, -0.2) is 13.4 Å². The molecule has 1 aromatic rings. The summed E-state index contributed by atoms with van der Waals surface area (Å²) < 4.78 is 29.6. The van der Waals surface area contributed by atoms with E-state index in [1.165, 1.54) is 24.4 Å². The predicted molar refractivity (Wildman–Crippen MR) is 65.2 cm³/mol. The van der Waals surface area contributed by atoms with Crippen LogP contribution in [0.15, 0.2) is 29.4 Å². The fourth-order valence-electron chi connectivity index (χ4n) is 1.96. The van der Waals surface area contributed by atoms with Gasteiger partial charge in [0.05, 0.1) is 6.61 Å². The van der Waals surface area contributed by atoms with Crippen molar-refractivity contribution in [2.75, 3.05) is 6.61 Å². The highest BCUT2D eigenvalue weighted by Crippen LogP contribution is 2.27. The lowest BCUT2D eigenvalue weighted by Crippen LogP contribution is -2.60. The molecule has 1 saturated heterocycles. The summed E-state index contributed by atoms with van der Waals surface area (Å²) in [7, 11) is -4.18. The molecule has 4 N–H and O–H groups in total. The highest BCUT2D eigenvalue weighted by atomic mass is 32.2. The minimum absolute atomic E-state index is 0.329. The molecule has 0 amide bonds. The van der Waals surface area contributed by atoms with Crippen LogP contribution >= 0.6 is 0 Å². The second-order valence-corrected chi connectivity index (χ2v) is 6.38. The number of aliphatic hydroxyl groups is 4. The Kier molecular flexibility index (Phi) is 4.37. The van der Waals surface area contributed by atoms with E-state index in [9.17, 15) is 23.7 Å². The Hall–Kier alpha value is -1.10. The number of pyridine rings is 1. The third kappa shape index (κ3) is 2.55. The zero-order chi connectivity index (χ0) is 14.9. The Morgan fingerprint density at radius 2 is 1.85 bits per heavy atom. The lowest BCUT2D eigenvalue weighted by Gasteiger charge is -2.39. The van der Waals surface area contributed by atoms with Crippen LogP contribution in [0.25, 0.3) is 0 Å². The highest BCUT2D eigenvalue weighted by Gasteiger charge is 2.49. The lowest BCUT2D eigenvalue weighted by molar-refractivity contribution is -0.207. The number of sulfone groups is 1. The zero-order valence-corrected chi connectivity index (χ0v) is 11.1. The third-order valence-corrected chi connectivity index (χ3v) is 4.91. The molecule has 20 heavy (non-hydrogen) atoms. The van der Waals surface area contributed by atoms with E-state index in [2.05, 4.69) is 4.98 Å². The number of hydrogen-bond acceptors (Lipinski definition) is 8. The Balaban J connectivity index is 2.36. The zero-order valence-electron chi connectivity index (χ0n) is 10.3. The van der Waals surface area contributed by atoms with Crippen LogP contribution in [0.4, 0.5) is 0 Å². The van der Waals surface area contributed by atoms with E-state index in [-0.39, 0.29) is 5.03 Å². The van der Waals surface area contributed by atoms with Crippen LogP contribution in [0.1, 0.15) is 0 Å². The molecular formula is C11H15NO7S. The van der Waals surface area contributed by atoms with Gasteiger partial charge in [0.25, 0.3) is 0 Å². The molecule has 112 valence electrons. The standard InChI is InChI=1S/C11H15NO7S/c13-5-6-8(14)9(15)10(16)11(19-6)20(17,18)7-3-1-2-4-12-7/h1-4,6,8-11,13-16H,5H2/t6-,8+,9+,10-,11?/m1/s1. The molecule has 1 aromatic heterocycles. The lowest BCUT2D eigenvalue weighted by atomic mass is 10.0.